The SMILES string of the molecule is N#Cc1ccc(N2CCCN(C(=O)/C=C/c3ccc(Cl)cc3)CC2)cc1. The molecular weight excluding hydrogens is 346 g/mol. The lowest BCUT2D eigenvalue weighted by Crippen LogP contribution is -2.34. The summed E-state index contributed by atoms with van der Waals surface area (Å²) in [5.74, 6) is 0.0293. The zero-order chi connectivity index (χ0) is 18.4. The number of nitriles is 1. The van der Waals surface area contributed by atoms with E-state index in [-0.39, 0.29) is 5.91 Å². The highest BCUT2D eigenvalue weighted by Gasteiger charge is 2.17. The van der Waals surface area contributed by atoms with Crippen LogP contribution in [0, 0.1) is 11.3 Å². The zero-order valence-electron chi connectivity index (χ0n) is 14.4. The van der Waals surface area contributed by atoms with Gasteiger partial charge in [0, 0.05) is 43.0 Å². The number of amides is 1. The first-order valence-electron chi connectivity index (χ1n) is 8.63. The minimum Gasteiger partial charge on any atom is -0.370 e. The van der Waals surface area contributed by atoms with Crippen molar-refractivity contribution >= 4 is 29.3 Å². The monoisotopic (exact) mass is 365 g/mol. The first-order chi connectivity index (χ1) is 12.7. The second kappa shape index (κ2) is 8.55. The second-order valence-corrected chi connectivity index (χ2v) is 6.65. The summed E-state index contributed by atoms with van der Waals surface area (Å²) < 4.78 is 0. The van der Waals surface area contributed by atoms with E-state index in [1.54, 1.807) is 6.08 Å². The van der Waals surface area contributed by atoms with Gasteiger partial charge in [-0.2, -0.15) is 5.26 Å². The van der Waals surface area contributed by atoms with Crippen molar-refractivity contribution < 1.29 is 4.79 Å². The van der Waals surface area contributed by atoms with Crippen LogP contribution in [-0.4, -0.2) is 37.0 Å². The maximum absolute atomic E-state index is 12.5. The van der Waals surface area contributed by atoms with Crippen LogP contribution >= 0.6 is 11.6 Å². The molecule has 1 amide bonds. The summed E-state index contributed by atoms with van der Waals surface area (Å²) in [6, 6.07) is 17.1. The van der Waals surface area contributed by atoms with Crippen LogP contribution in [-0.2, 0) is 4.79 Å². The molecule has 1 heterocycles. The average Bonchev–Trinajstić information content (AvgIpc) is 2.94. The van der Waals surface area contributed by atoms with Gasteiger partial charge in [0.15, 0.2) is 0 Å². The molecule has 0 atom stereocenters. The van der Waals surface area contributed by atoms with Crippen LogP contribution in [0.1, 0.15) is 17.5 Å². The Hall–Kier alpha value is -2.77. The van der Waals surface area contributed by atoms with Gasteiger partial charge < -0.3 is 9.80 Å². The fourth-order valence-corrected chi connectivity index (χ4v) is 3.12. The lowest BCUT2D eigenvalue weighted by atomic mass is 10.2. The number of hydrogen-bond donors (Lipinski definition) is 0. The number of carbonyl (C=O) groups is 1. The molecule has 1 aliphatic heterocycles. The lowest BCUT2D eigenvalue weighted by molar-refractivity contribution is -0.125. The van der Waals surface area contributed by atoms with Crippen molar-refractivity contribution in [2.24, 2.45) is 0 Å². The van der Waals surface area contributed by atoms with Gasteiger partial charge in [0.25, 0.3) is 0 Å². The molecular formula is C21H20ClN3O. The maximum Gasteiger partial charge on any atom is 0.246 e. The molecule has 0 bridgehead atoms. The van der Waals surface area contributed by atoms with Gasteiger partial charge >= 0.3 is 0 Å². The number of nitrogens with zero attached hydrogens (tertiary/aromatic N) is 3. The van der Waals surface area contributed by atoms with Gasteiger partial charge in [0.1, 0.15) is 0 Å². The average molecular weight is 366 g/mol. The Labute approximate surface area is 158 Å². The van der Waals surface area contributed by atoms with E-state index < -0.39 is 0 Å². The Balaban J connectivity index is 1.59. The van der Waals surface area contributed by atoms with E-state index in [4.69, 9.17) is 16.9 Å². The van der Waals surface area contributed by atoms with E-state index in [2.05, 4.69) is 11.0 Å². The molecule has 0 saturated carbocycles. The molecule has 0 N–H and O–H groups in total. The van der Waals surface area contributed by atoms with E-state index in [0.29, 0.717) is 17.1 Å². The summed E-state index contributed by atoms with van der Waals surface area (Å²) in [5, 5.41) is 9.59. The number of rotatable bonds is 3. The Morgan fingerprint density at radius 2 is 1.73 bits per heavy atom. The highest BCUT2D eigenvalue weighted by Crippen LogP contribution is 2.18. The molecule has 0 radical (unpaired) electrons. The molecule has 0 spiro atoms. The molecule has 1 fully saturated rings. The second-order valence-electron chi connectivity index (χ2n) is 6.21. The van der Waals surface area contributed by atoms with Crippen LogP contribution in [0.15, 0.2) is 54.6 Å². The van der Waals surface area contributed by atoms with E-state index in [0.717, 1.165) is 37.3 Å². The molecule has 0 aliphatic carbocycles. The Kier molecular flexibility index (Phi) is 5.93. The smallest absolute Gasteiger partial charge is 0.246 e. The van der Waals surface area contributed by atoms with E-state index >= 15 is 0 Å². The highest BCUT2D eigenvalue weighted by molar-refractivity contribution is 6.30. The van der Waals surface area contributed by atoms with Gasteiger partial charge in [-0.1, -0.05) is 23.7 Å². The normalized spacial score (nSPS) is 14.9. The van der Waals surface area contributed by atoms with E-state index in [9.17, 15) is 4.79 Å². The van der Waals surface area contributed by atoms with E-state index in [1.165, 1.54) is 0 Å². The summed E-state index contributed by atoms with van der Waals surface area (Å²) >= 11 is 5.88. The summed E-state index contributed by atoms with van der Waals surface area (Å²) in [5.41, 5.74) is 2.71. The molecule has 1 aliphatic rings. The molecule has 5 heteroatoms. The topological polar surface area (TPSA) is 47.3 Å². The van der Waals surface area contributed by atoms with Crippen molar-refractivity contribution in [3.63, 3.8) is 0 Å². The van der Waals surface area contributed by atoms with Crippen LogP contribution in [0.2, 0.25) is 5.02 Å². The first-order valence-corrected chi connectivity index (χ1v) is 9.01. The zero-order valence-corrected chi connectivity index (χ0v) is 15.2. The first kappa shape index (κ1) is 18.0. The number of carbonyl (C=O) groups excluding carboxylic acids is 1. The molecule has 2 aromatic carbocycles. The predicted molar refractivity (Wildman–Crippen MR) is 105 cm³/mol. The number of anilines is 1. The number of halogens is 1. The van der Waals surface area contributed by atoms with Crippen LogP contribution in [0.4, 0.5) is 5.69 Å². The third-order valence-electron chi connectivity index (χ3n) is 4.46. The summed E-state index contributed by atoms with van der Waals surface area (Å²) in [6.45, 7) is 3.11. The fraction of sp³-hybridized carbons (Fsp3) is 0.238. The summed E-state index contributed by atoms with van der Waals surface area (Å²) in [4.78, 5) is 16.6. The molecule has 26 heavy (non-hydrogen) atoms. The van der Waals surface area contributed by atoms with E-state index in [1.807, 2.05) is 59.5 Å². The minimum absolute atomic E-state index is 0.0293. The van der Waals surface area contributed by atoms with Gasteiger partial charge in [-0.3, -0.25) is 4.79 Å². The van der Waals surface area contributed by atoms with Crippen molar-refractivity contribution in [1.29, 1.82) is 5.26 Å². The third kappa shape index (κ3) is 4.65. The molecule has 2 aromatic rings. The van der Waals surface area contributed by atoms with Crippen molar-refractivity contribution in [2.45, 2.75) is 6.42 Å². The molecule has 132 valence electrons. The van der Waals surface area contributed by atoms with Crippen LogP contribution in [0.5, 0.6) is 0 Å². The number of benzene rings is 2. The standard InChI is InChI=1S/C21H20ClN3O/c22-19-7-2-17(3-8-19)6-11-21(26)25-13-1-12-24(14-15-25)20-9-4-18(16-23)5-10-20/h2-11H,1,12-15H2/b11-6+. The van der Waals surface area contributed by atoms with Crippen molar-refractivity contribution in [2.75, 3.05) is 31.1 Å². The number of hydrogen-bond acceptors (Lipinski definition) is 3. The molecule has 3 rings (SSSR count). The van der Waals surface area contributed by atoms with Crippen molar-refractivity contribution in [1.82, 2.24) is 4.90 Å². The minimum atomic E-state index is 0.0293. The van der Waals surface area contributed by atoms with Gasteiger partial charge in [0.05, 0.1) is 11.6 Å². The fourth-order valence-electron chi connectivity index (χ4n) is 2.99. The molecule has 1 saturated heterocycles. The van der Waals surface area contributed by atoms with Crippen molar-refractivity contribution in [3.05, 3.63) is 70.8 Å². The van der Waals surface area contributed by atoms with Crippen LogP contribution in [0.25, 0.3) is 6.08 Å². The van der Waals surface area contributed by atoms with Gasteiger partial charge in [-0.25, -0.2) is 0 Å². The maximum atomic E-state index is 12.5. The van der Waals surface area contributed by atoms with Gasteiger partial charge in [0.2, 0.25) is 5.91 Å². The Bertz CT molecular complexity index is 822. The molecule has 0 aromatic heterocycles. The van der Waals surface area contributed by atoms with Gasteiger partial charge in [-0.05, 0) is 54.5 Å². The highest BCUT2D eigenvalue weighted by atomic mass is 35.5. The molecule has 0 unspecified atom stereocenters. The predicted octanol–water partition coefficient (Wildman–Crippen LogP) is 3.96. The summed E-state index contributed by atoms with van der Waals surface area (Å²) in [7, 11) is 0. The van der Waals surface area contributed by atoms with Crippen molar-refractivity contribution in [3.8, 4) is 6.07 Å². The molecule has 4 nitrogen and oxygen atoms in total. The largest absolute Gasteiger partial charge is 0.370 e. The quantitative estimate of drug-likeness (QED) is 0.773. The van der Waals surface area contributed by atoms with Gasteiger partial charge in [-0.15, -0.1) is 0 Å². The third-order valence-corrected chi connectivity index (χ3v) is 4.71. The van der Waals surface area contributed by atoms with Crippen LogP contribution < -0.4 is 4.90 Å². The Morgan fingerprint density at radius 3 is 2.42 bits per heavy atom. The van der Waals surface area contributed by atoms with Crippen LogP contribution in [0.3, 0.4) is 0 Å². The lowest BCUT2D eigenvalue weighted by Gasteiger charge is -2.23. The summed E-state index contributed by atoms with van der Waals surface area (Å²) in [6.07, 6.45) is 4.36. The Morgan fingerprint density at radius 1 is 1.00 bits per heavy atom.